The first-order valence-corrected chi connectivity index (χ1v) is 5.95. The molecule has 88 valence electrons. The molecular weight excluding hydrogens is 214 g/mol. The maximum absolute atomic E-state index is 11.8. The molecule has 0 aromatic carbocycles. The Balaban J connectivity index is 2.50. The monoisotopic (exact) mass is 233 g/mol. The van der Waals surface area contributed by atoms with Gasteiger partial charge in [-0.25, -0.2) is 0 Å². The number of likely N-dealkylation sites (tertiary alicyclic amines) is 1. The van der Waals surface area contributed by atoms with Crippen molar-refractivity contribution >= 4 is 17.5 Å². The molecule has 0 saturated carbocycles. The van der Waals surface area contributed by atoms with Crippen LogP contribution in [-0.4, -0.2) is 43.0 Å². The van der Waals surface area contributed by atoms with E-state index < -0.39 is 0 Å². The molecule has 0 unspecified atom stereocenters. The van der Waals surface area contributed by atoms with Gasteiger partial charge in [0.2, 0.25) is 5.91 Å². The zero-order valence-electron chi connectivity index (χ0n) is 9.70. The smallest absolute Gasteiger partial charge is 0.240 e. The Morgan fingerprint density at radius 3 is 2.80 bits per heavy atom. The highest BCUT2D eigenvalue weighted by atomic mass is 35.5. The summed E-state index contributed by atoms with van der Waals surface area (Å²) in [4.78, 5) is 13.7. The van der Waals surface area contributed by atoms with Crippen LogP contribution in [0.5, 0.6) is 0 Å². The Morgan fingerprint density at radius 1 is 1.60 bits per heavy atom. The van der Waals surface area contributed by atoms with Gasteiger partial charge < -0.3 is 9.64 Å². The molecule has 0 aliphatic carbocycles. The van der Waals surface area contributed by atoms with Gasteiger partial charge in [0.1, 0.15) is 5.38 Å². The lowest BCUT2D eigenvalue weighted by molar-refractivity contribution is -0.130. The minimum Gasteiger partial charge on any atom is -0.384 e. The van der Waals surface area contributed by atoms with Gasteiger partial charge in [0.25, 0.3) is 0 Å². The lowest BCUT2D eigenvalue weighted by Gasteiger charge is -2.18. The van der Waals surface area contributed by atoms with E-state index in [0.717, 1.165) is 19.7 Å². The minimum absolute atomic E-state index is 0.0737. The van der Waals surface area contributed by atoms with Crippen LogP contribution in [0.4, 0.5) is 0 Å². The summed E-state index contributed by atoms with van der Waals surface area (Å²) in [6.07, 6.45) is 0.695. The number of methoxy groups -OCH3 is 1. The number of hydrogen-bond acceptors (Lipinski definition) is 2. The summed E-state index contributed by atoms with van der Waals surface area (Å²) in [5.74, 6) is 1.04. The number of nitrogens with zero attached hydrogens (tertiary/aromatic N) is 1. The van der Waals surface area contributed by atoms with E-state index in [1.54, 1.807) is 7.11 Å². The van der Waals surface area contributed by atoms with Crippen LogP contribution >= 0.6 is 11.6 Å². The van der Waals surface area contributed by atoms with Gasteiger partial charge in [0.15, 0.2) is 0 Å². The fourth-order valence-corrected chi connectivity index (χ4v) is 2.16. The molecule has 0 radical (unpaired) electrons. The quantitative estimate of drug-likeness (QED) is 0.693. The standard InChI is InChI=1S/C11H20ClNO2/c1-4-10(12)11(14)13-5-8(2)9(6-13)7-15-3/h8-10H,4-7H2,1-3H3/t8-,9-,10+/m1/s1. The Bertz CT molecular complexity index is 223. The molecule has 1 rings (SSSR count). The van der Waals surface area contributed by atoms with Gasteiger partial charge in [-0.2, -0.15) is 0 Å². The number of ether oxygens (including phenoxy) is 1. The van der Waals surface area contributed by atoms with Crippen LogP contribution in [0.3, 0.4) is 0 Å². The molecule has 1 fully saturated rings. The third-order valence-electron chi connectivity index (χ3n) is 3.09. The van der Waals surface area contributed by atoms with E-state index in [1.165, 1.54) is 0 Å². The SMILES string of the molecule is CC[C@H](Cl)C(=O)N1C[C@H](COC)[C@H](C)C1. The number of hydrogen-bond donors (Lipinski definition) is 0. The van der Waals surface area contributed by atoms with Crippen LogP contribution in [0.15, 0.2) is 0 Å². The molecule has 3 nitrogen and oxygen atoms in total. The summed E-state index contributed by atoms with van der Waals surface area (Å²) in [5.41, 5.74) is 0. The van der Waals surface area contributed by atoms with Crippen molar-refractivity contribution in [3.63, 3.8) is 0 Å². The van der Waals surface area contributed by atoms with Crippen LogP contribution in [0, 0.1) is 11.8 Å². The number of alkyl halides is 1. The number of halogens is 1. The molecule has 0 N–H and O–H groups in total. The van der Waals surface area contributed by atoms with E-state index in [4.69, 9.17) is 16.3 Å². The van der Waals surface area contributed by atoms with E-state index in [2.05, 4.69) is 6.92 Å². The highest BCUT2D eigenvalue weighted by Gasteiger charge is 2.34. The fraction of sp³-hybridized carbons (Fsp3) is 0.909. The van der Waals surface area contributed by atoms with Crippen molar-refractivity contribution in [3.05, 3.63) is 0 Å². The number of rotatable bonds is 4. The third kappa shape index (κ3) is 3.08. The number of carbonyl (C=O) groups is 1. The fourth-order valence-electron chi connectivity index (χ4n) is 2.02. The second kappa shape index (κ2) is 5.71. The van der Waals surface area contributed by atoms with Crippen LogP contribution in [0.25, 0.3) is 0 Å². The lowest BCUT2D eigenvalue weighted by atomic mass is 10.00. The molecule has 4 heteroatoms. The van der Waals surface area contributed by atoms with Gasteiger partial charge >= 0.3 is 0 Å². The summed E-state index contributed by atoms with van der Waals surface area (Å²) < 4.78 is 5.14. The molecule has 0 aromatic heterocycles. The molecule has 1 saturated heterocycles. The van der Waals surface area contributed by atoms with Crippen molar-refractivity contribution in [2.75, 3.05) is 26.8 Å². The average Bonchev–Trinajstić information content (AvgIpc) is 2.59. The van der Waals surface area contributed by atoms with Crippen molar-refractivity contribution in [2.24, 2.45) is 11.8 Å². The summed E-state index contributed by atoms with van der Waals surface area (Å²) in [6.45, 7) is 6.42. The van der Waals surface area contributed by atoms with Crippen LogP contribution < -0.4 is 0 Å². The topological polar surface area (TPSA) is 29.5 Å². The Morgan fingerprint density at radius 2 is 2.27 bits per heavy atom. The summed E-state index contributed by atoms with van der Waals surface area (Å²) >= 11 is 5.95. The number of amides is 1. The van der Waals surface area contributed by atoms with E-state index in [1.807, 2.05) is 11.8 Å². The molecule has 3 atom stereocenters. The molecule has 0 aromatic rings. The summed E-state index contributed by atoms with van der Waals surface area (Å²) in [7, 11) is 1.70. The molecule has 0 spiro atoms. The normalized spacial score (nSPS) is 28.1. The highest BCUT2D eigenvalue weighted by molar-refractivity contribution is 6.30. The van der Waals surface area contributed by atoms with Gasteiger partial charge in [0, 0.05) is 26.1 Å². The van der Waals surface area contributed by atoms with E-state index in [0.29, 0.717) is 18.3 Å². The highest BCUT2D eigenvalue weighted by Crippen LogP contribution is 2.24. The first-order chi connectivity index (χ1) is 7.10. The molecular formula is C11H20ClNO2. The van der Waals surface area contributed by atoms with Gasteiger partial charge in [0.05, 0.1) is 6.61 Å². The molecule has 1 aliphatic rings. The van der Waals surface area contributed by atoms with Crippen molar-refractivity contribution in [1.29, 1.82) is 0 Å². The van der Waals surface area contributed by atoms with Crippen molar-refractivity contribution < 1.29 is 9.53 Å². The van der Waals surface area contributed by atoms with E-state index in [9.17, 15) is 4.79 Å². The molecule has 0 bridgehead atoms. The van der Waals surface area contributed by atoms with Crippen molar-refractivity contribution in [1.82, 2.24) is 4.90 Å². The van der Waals surface area contributed by atoms with Crippen molar-refractivity contribution in [3.8, 4) is 0 Å². The lowest BCUT2D eigenvalue weighted by Crippen LogP contribution is -2.35. The van der Waals surface area contributed by atoms with Crippen molar-refractivity contribution in [2.45, 2.75) is 25.6 Å². The molecule has 1 heterocycles. The first kappa shape index (κ1) is 12.8. The summed E-state index contributed by atoms with van der Waals surface area (Å²) in [5, 5.41) is -0.363. The Kier molecular flexibility index (Phi) is 4.87. The van der Waals surface area contributed by atoms with Gasteiger partial charge in [-0.1, -0.05) is 13.8 Å². The van der Waals surface area contributed by atoms with Crippen LogP contribution in [0.2, 0.25) is 0 Å². The van der Waals surface area contributed by atoms with Gasteiger partial charge in [-0.3, -0.25) is 4.79 Å². The molecule has 15 heavy (non-hydrogen) atoms. The van der Waals surface area contributed by atoms with Crippen LogP contribution in [-0.2, 0) is 9.53 Å². The number of carbonyl (C=O) groups excluding carboxylic acids is 1. The second-order valence-electron chi connectivity index (χ2n) is 4.31. The maximum atomic E-state index is 11.8. The predicted molar refractivity (Wildman–Crippen MR) is 61.0 cm³/mol. The molecule has 1 amide bonds. The second-order valence-corrected chi connectivity index (χ2v) is 4.84. The minimum atomic E-state index is -0.363. The maximum Gasteiger partial charge on any atom is 0.240 e. The third-order valence-corrected chi connectivity index (χ3v) is 3.58. The van der Waals surface area contributed by atoms with Crippen LogP contribution in [0.1, 0.15) is 20.3 Å². The summed E-state index contributed by atoms with van der Waals surface area (Å²) in [6, 6.07) is 0. The Hall–Kier alpha value is -0.280. The van der Waals surface area contributed by atoms with Gasteiger partial charge in [-0.15, -0.1) is 11.6 Å². The zero-order valence-corrected chi connectivity index (χ0v) is 10.5. The first-order valence-electron chi connectivity index (χ1n) is 5.51. The zero-order chi connectivity index (χ0) is 11.4. The predicted octanol–water partition coefficient (Wildman–Crippen LogP) is 1.74. The van der Waals surface area contributed by atoms with Gasteiger partial charge in [-0.05, 0) is 12.3 Å². The van der Waals surface area contributed by atoms with E-state index >= 15 is 0 Å². The largest absolute Gasteiger partial charge is 0.384 e. The van der Waals surface area contributed by atoms with E-state index in [-0.39, 0.29) is 11.3 Å². The average molecular weight is 234 g/mol. The molecule has 1 aliphatic heterocycles. The Labute approximate surface area is 96.7 Å².